The van der Waals surface area contributed by atoms with Crippen LogP contribution in [0.3, 0.4) is 0 Å². The van der Waals surface area contributed by atoms with Gasteiger partial charge in [-0.1, -0.05) is 54.6 Å². The maximum atomic E-state index is 11.7. The lowest BCUT2D eigenvalue weighted by molar-refractivity contribution is -0.145. The Balaban J connectivity index is 0.000000257. The number of aliphatic carboxylic acids is 1. The van der Waals surface area contributed by atoms with Gasteiger partial charge in [0.25, 0.3) is 0 Å². The van der Waals surface area contributed by atoms with Crippen LogP contribution in [0.15, 0.2) is 66.7 Å². The first kappa shape index (κ1) is 25.5. The van der Waals surface area contributed by atoms with Gasteiger partial charge in [0, 0.05) is 12.8 Å². The minimum atomic E-state index is -0.882. The molecular formula is C27H30O6. The summed E-state index contributed by atoms with van der Waals surface area (Å²) in [4.78, 5) is 21.9. The van der Waals surface area contributed by atoms with Crippen molar-refractivity contribution in [1.29, 1.82) is 0 Å². The summed E-state index contributed by atoms with van der Waals surface area (Å²) in [6.07, 6.45) is 1.53. The van der Waals surface area contributed by atoms with Gasteiger partial charge >= 0.3 is 11.9 Å². The standard InChI is InChI=1S/C18H20O2.C9H10O4/c1-14-8-9-16(12-15(14)2)10-11-18(19)20-13-17-6-4-3-5-7-17;10-7-3-1-6(5-8(7)11)2-4-9(12)13/h3-9,12H,10-11,13H2,1-2H3;1,3,5,10-11H,2,4H2,(H,12,13). The Kier molecular flexibility index (Phi) is 9.96. The topological polar surface area (TPSA) is 104 Å². The highest BCUT2D eigenvalue weighted by molar-refractivity contribution is 5.69. The monoisotopic (exact) mass is 450 g/mol. The molecule has 3 aromatic rings. The number of ether oxygens (including phenoxy) is 1. The van der Waals surface area contributed by atoms with E-state index in [1.165, 1.54) is 28.8 Å². The molecule has 0 radical (unpaired) electrons. The molecule has 0 amide bonds. The zero-order valence-electron chi connectivity index (χ0n) is 19.0. The Morgan fingerprint density at radius 2 is 1.36 bits per heavy atom. The van der Waals surface area contributed by atoms with Gasteiger partial charge in [0.05, 0.1) is 0 Å². The van der Waals surface area contributed by atoms with Gasteiger partial charge in [0.2, 0.25) is 0 Å². The molecule has 3 rings (SSSR count). The highest BCUT2D eigenvalue weighted by atomic mass is 16.5. The fourth-order valence-corrected chi connectivity index (χ4v) is 2.99. The first-order chi connectivity index (χ1) is 15.7. The minimum Gasteiger partial charge on any atom is -0.504 e. The number of carbonyl (C=O) groups excluding carboxylic acids is 1. The van der Waals surface area contributed by atoms with E-state index >= 15 is 0 Å². The summed E-state index contributed by atoms with van der Waals surface area (Å²) in [5.41, 5.74) is 5.44. The zero-order chi connectivity index (χ0) is 24.2. The van der Waals surface area contributed by atoms with Gasteiger partial charge < -0.3 is 20.1 Å². The maximum absolute atomic E-state index is 11.7. The van der Waals surface area contributed by atoms with Crippen LogP contribution in [0.5, 0.6) is 11.5 Å². The second-order valence-corrected chi connectivity index (χ2v) is 7.78. The number of carboxylic acids is 1. The number of aromatic hydroxyl groups is 2. The zero-order valence-corrected chi connectivity index (χ0v) is 19.0. The molecule has 0 heterocycles. The van der Waals surface area contributed by atoms with E-state index in [4.69, 9.17) is 20.1 Å². The summed E-state index contributed by atoms with van der Waals surface area (Å²) in [7, 11) is 0. The lowest BCUT2D eigenvalue weighted by atomic mass is 10.0. The van der Waals surface area contributed by atoms with E-state index < -0.39 is 5.97 Å². The van der Waals surface area contributed by atoms with Crippen LogP contribution in [0.25, 0.3) is 0 Å². The lowest BCUT2D eigenvalue weighted by Gasteiger charge is -2.06. The van der Waals surface area contributed by atoms with E-state index in [1.54, 1.807) is 6.07 Å². The predicted octanol–water partition coefficient (Wildman–Crippen LogP) is 5.09. The van der Waals surface area contributed by atoms with Crippen molar-refractivity contribution in [2.75, 3.05) is 0 Å². The molecule has 33 heavy (non-hydrogen) atoms. The number of carbonyl (C=O) groups is 2. The molecule has 6 nitrogen and oxygen atoms in total. The van der Waals surface area contributed by atoms with Gasteiger partial charge in [-0.05, 0) is 66.6 Å². The van der Waals surface area contributed by atoms with Crippen LogP contribution in [0.2, 0.25) is 0 Å². The molecule has 0 aromatic heterocycles. The molecule has 0 bridgehead atoms. The van der Waals surface area contributed by atoms with Crippen LogP contribution in [0.4, 0.5) is 0 Å². The molecule has 174 valence electrons. The number of hydrogen-bond donors (Lipinski definition) is 3. The van der Waals surface area contributed by atoms with Crippen LogP contribution >= 0.6 is 0 Å². The lowest BCUT2D eigenvalue weighted by Crippen LogP contribution is -2.06. The average molecular weight is 451 g/mol. The van der Waals surface area contributed by atoms with Gasteiger partial charge in [-0.25, -0.2) is 0 Å². The molecule has 0 aliphatic rings. The van der Waals surface area contributed by atoms with Crippen molar-refractivity contribution in [2.45, 2.75) is 46.1 Å². The molecule has 0 aliphatic heterocycles. The predicted molar refractivity (Wildman–Crippen MR) is 126 cm³/mol. The Morgan fingerprint density at radius 1 is 0.727 bits per heavy atom. The first-order valence-corrected chi connectivity index (χ1v) is 10.7. The van der Waals surface area contributed by atoms with Crippen molar-refractivity contribution in [3.8, 4) is 11.5 Å². The van der Waals surface area contributed by atoms with Gasteiger partial charge in [-0.2, -0.15) is 0 Å². The third kappa shape index (κ3) is 9.47. The summed E-state index contributed by atoms with van der Waals surface area (Å²) >= 11 is 0. The molecule has 0 atom stereocenters. The van der Waals surface area contributed by atoms with Crippen LogP contribution in [0, 0.1) is 13.8 Å². The molecule has 6 heteroatoms. The number of aryl methyl sites for hydroxylation is 4. The number of carboxylic acid groups (broad SMARTS) is 1. The van der Waals surface area contributed by atoms with Crippen molar-refractivity contribution >= 4 is 11.9 Å². The van der Waals surface area contributed by atoms with Crippen LogP contribution in [-0.2, 0) is 33.8 Å². The minimum absolute atomic E-state index is 0.0181. The largest absolute Gasteiger partial charge is 0.504 e. The molecular weight excluding hydrogens is 420 g/mol. The molecule has 0 saturated carbocycles. The Labute approximate surface area is 194 Å². The third-order valence-corrected chi connectivity index (χ3v) is 5.10. The fraction of sp³-hybridized carbons (Fsp3) is 0.259. The van der Waals surface area contributed by atoms with Gasteiger partial charge in [-0.3, -0.25) is 9.59 Å². The second kappa shape index (κ2) is 12.9. The van der Waals surface area contributed by atoms with Crippen LogP contribution in [-0.4, -0.2) is 27.3 Å². The fourth-order valence-electron chi connectivity index (χ4n) is 2.99. The van der Waals surface area contributed by atoms with E-state index in [1.807, 2.05) is 30.3 Å². The summed E-state index contributed by atoms with van der Waals surface area (Å²) in [6, 6.07) is 20.3. The quantitative estimate of drug-likeness (QED) is 0.326. The smallest absolute Gasteiger partial charge is 0.306 e. The van der Waals surface area contributed by atoms with E-state index in [0.717, 1.165) is 12.0 Å². The van der Waals surface area contributed by atoms with Crippen molar-refractivity contribution < 1.29 is 29.6 Å². The molecule has 0 aliphatic carbocycles. The number of phenolic OH excluding ortho intramolecular Hbond substituents is 2. The van der Waals surface area contributed by atoms with E-state index in [2.05, 4.69) is 32.0 Å². The van der Waals surface area contributed by atoms with Gasteiger partial charge in [0.15, 0.2) is 11.5 Å². The molecule has 0 fully saturated rings. The van der Waals surface area contributed by atoms with E-state index in [9.17, 15) is 9.59 Å². The summed E-state index contributed by atoms with van der Waals surface area (Å²) in [5.74, 6) is -1.44. The Bertz CT molecular complexity index is 1060. The van der Waals surface area contributed by atoms with E-state index in [0.29, 0.717) is 25.0 Å². The third-order valence-electron chi connectivity index (χ3n) is 5.10. The summed E-state index contributed by atoms with van der Waals surface area (Å²) in [6.45, 7) is 4.53. The highest BCUT2D eigenvalue weighted by Crippen LogP contribution is 2.25. The summed E-state index contributed by atoms with van der Waals surface area (Å²) in [5, 5.41) is 26.4. The van der Waals surface area contributed by atoms with Crippen molar-refractivity contribution in [1.82, 2.24) is 0 Å². The van der Waals surface area contributed by atoms with Crippen molar-refractivity contribution in [2.24, 2.45) is 0 Å². The van der Waals surface area contributed by atoms with Crippen LogP contribution < -0.4 is 0 Å². The Morgan fingerprint density at radius 3 is 2.00 bits per heavy atom. The van der Waals surface area contributed by atoms with Crippen molar-refractivity contribution in [3.05, 3.63) is 94.5 Å². The van der Waals surface area contributed by atoms with Crippen molar-refractivity contribution in [3.63, 3.8) is 0 Å². The normalized spacial score (nSPS) is 10.1. The number of benzene rings is 3. The molecule has 3 N–H and O–H groups in total. The molecule has 0 saturated heterocycles. The number of esters is 1. The van der Waals surface area contributed by atoms with E-state index in [-0.39, 0.29) is 23.9 Å². The number of rotatable bonds is 8. The number of hydrogen-bond acceptors (Lipinski definition) is 5. The first-order valence-electron chi connectivity index (χ1n) is 10.7. The molecule has 0 spiro atoms. The van der Waals surface area contributed by atoms with Crippen LogP contribution in [0.1, 0.15) is 40.7 Å². The summed E-state index contributed by atoms with van der Waals surface area (Å²) < 4.78 is 5.26. The SMILES string of the molecule is Cc1ccc(CCC(=O)OCc2ccccc2)cc1C.O=C(O)CCc1ccc(O)c(O)c1. The second-order valence-electron chi connectivity index (χ2n) is 7.78. The maximum Gasteiger partial charge on any atom is 0.306 e. The number of phenols is 2. The average Bonchev–Trinajstić information content (AvgIpc) is 2.80. The Hall–Kier alpha value is -3.80. The highest BCUT2D eigenvalue weighted by Gasteiger charge is 2.05. The van der Waals surface area contributed by atoms with Gasteiger partial charge in [0.1, 0.15) is 6.61 Å². The molecule has 3 aromatic carbocycles. The molecule has 0 unspecified atom stereocenters. The van der Waals surface area contributed by atoms with Gasteiger partial charge in [-0.15, -0.1) is 0 Å².